The number of benzene rings is 1. The molecule has 11 heteroatoms. The van der Waals surface area contributed by atoms with Gasteiger partial charge in [-0.25, -0.2) is 0 Å². The van der Waals surface area contributed by atoms with Crippen LogP contribution in [0.3, 0.4) is 0 Å². The van der Waals surface area contributed by atoms with Crippen molar-refractivity contribution in [3.63, 3.8) is 0 Å². The molecular weight excluding hydrogens is 430 g/mol. The van der Waals surface area contributed by atoms with Gasteiger partial charge in [-0.3, -0.25) is 24.0 Å². The van der Waals surface area contributed by atoms with Gasteiger partial charge >= 0.3 is 5.97 Å². The molecule has 1 aromatic rings. The molecule has 1 heterocycles. The van der Waals surface area contributed by atoms with E-state index >= 15 is 0 Å². The molecule has 4 amide bonds. The molecule has 0 bridgehead atoms. The van der Waals surface area contributed by atoms with Crippen LogP contribution in [-0.2, 0) is 30.4 Å². The number of amides is 4. The minimum atomic E-state index is -1.25. The van der Waals surface area contributed by atoms with Crippen LogP contribution in [0.1, 0.15) is 38.2 Å². The minimum absolute atomic E-state index is 0.116. The Morgan fingerprint density at radius 3 is 2.30 bits per heavy atom. The number of carboxylic acid groups (broad SMARTS) is 1. The molecule has 2 rings (SSSR count). The summed E-state index contributed by atoms with van der Waals surface area (Å²) in [4.78, 5) is 60.6. The molecule has 180 valence electrons. The molecule has 33 heavy (non-hydrogen) atoms. The SMILES string of the molecule is CC(NC(=O)C(CCC(N)=O)NC(=O)C(Cc1ccccc1)NC(=O)C1CCCN1)C(=O)O. The molecule has 1 aliphatic heterocycles. The van der Waals surface area contributed by atoms with Crippen molar-refractivity contribution in [2.45, 2.75) is 63.2 Å². The van der Waals surface area contributed by atoms with Crippen LogP contribution >= 0.6 is 0 Å². The maximum Gasteiger partial charge on any atom is 0.325 e. The number of aliphatic carboxylic acids is 1. The van der Waals surface area contributed by atoms with Crippen LogP contribution in [0.4, 0.5) is 0 Å². The molecule has 7 N–H and O–H groups in total. The summed E-state index contributed by atoms with van der Waals surface area (Å²) in [6, 6.07) is 5.28. The maximum absolute atomic E-state index is 13.1. The molecule has 1 aliphatic rings. The first-order valence-corrected chi connectivity index (χ1v) is 10.9. The number of hydrogen-bond acceptors (Lipinski definition) is 6. The zero-order valence-corrected chi connectivity index (χ0v) is 18.5. The fourth-order valence-electron chi connectivity index (χ4n) is 3.44. The summed E-state index contributed by atoms with van der Waals surface area (Å²) in [6.07, 6.45) is 1.38. The molecule has 4 atom stereocenters. The number of carbonyl (C=O) groups is 5. The van der Waals surface area contributed by atoms with E-state index in [0.717, 1.165) is 12.0 Å². The Morgan fingerprint density at radius 2 is 1.73 bits per heavy atom. The average Bonchev–Trinajstić information content (AvgIpc) is 3.31. The first-order chi connectivity index (χ1) is 15.7. The number of carbonyl (C=O) groups excluding carboxylic acids is 4. The van der Waals surface area contributed by atoms with Gasteiger partial charge in [0.1, 0.15) is 18.1 Å². The van der Waals surface area contributed by atoms with Crippen molar-refractivity contribution in [1.29, 1.82) is 0 Å². The van der Waals surface area contributed by atoms with Crippen LogP contribution in [0.25, 0.3) is 0 Å². The van der Waals surface area contributed by atoms with E-state index in [9.17, 15) is 24.0 Å². The van der Waals surface area contributed by atoms with Crippen molar-refractivity contribution < 1.29 is 29.1 Å². The van der Waals surface area contributed by atoms with Crippen LogP contribution in [0.15, 0.2) is 30.3 Å². The molecule has 0 aliphatic carbocycles. The van der Waals surface area contributed by atoms with Gasteiger partial charge in [-0.15, -0.1) is 0 Å². The Morgan fingerprint density at radius 1 is 1.06 bits per heavy atom. The normalized spacial score (nSPS) is 17.9. The summed E-state index contributed by atoms with van der Waals surface area (Å²) < 4.78 is 0. The number of nitrogens with one attached hydrogen (secondary N) is 4. The van der Waals surface area contributed by atoms with E-state index in [4.69, 9.17) is 10.8 Å². The predicted molar refractivity (Wildman–Crippen MR) is 119 cm³/mol. The number of primary amides is 1. The third-order valence-corrected chi connectivity index (χ3v) is 5.33. The summed E-state index contributed by atoms with van der Waals surface area (Å²) in [5, 5.41) is 19.7. The molecular formula is C22H31N5O6. The van der Waals surface area contributed by atoms with Gasteiger partial charge in [0.2, 0.25) is 23.6 Å². The topological polar surface area (TPSA) is 180 Å². The summed E-state index contributed by atoms with van der Waals surface area (Å²) in [5.74, 6) is -3.63. The Balaban J connectivity index is 2.16. The Kier molecular flexibility index (Phi) is 9.80. The van der Waals surface area contributed by atoms with E-state index in [1.54, 1.807) is 12.1 Å². The number of carboxylic acids is 1. The summed E-state index contributed by atoms with van der Waals surface area (Å²) in [7, 11) is 0. The highest BCUT2D eigenvalue weighted by Crippen LogP contribution is 2.09. The van der Waals surface area contributed by atoms with E-state index < -0.39 is 47.9 Å². The van der Waals surface area contributed by atoms with Gasteiger partial charge in [-0.05, 0) is 38.3 Å². The highest BCUT2D eigenvalue weighted by atomic mass is 16.4. The molecule has 1 saturated heterocycles. The Bertz CT molecular complexity index is 856. The zero-order chi connectivity index (χ0) is 24.4. The number of hydrogen-bond donors (Lipinski definition) is 6. The fraction of sp³-hybridized carbons (Fsp3) is 0.500. The minimum Gasteiger partial charge on any atom is -0.480 e. The van der Waals surface area contributed by atoms with Crippen LogP contribution < -0.4 is 27.0 Å². The van der Waals surface area contributed by atoms with E-state index in [0.29, 0.717) is 13.0 Å². The second-order valence-electron chi connectivity index (χ2n) is 8.03. The van der Waals surface area contributed by atoms with Crippen LogP contribution in [0.2, 0.25) is 0 Å². The van der Waals surface area contributed by atoms with Crippen LogP contribution in [0.5, 0.6) is 0 Å². The van der Waals surface area contributed by atoms with Crippen LogP contribution in [0, 0.1) is 0 Å². The van der Waals surface area contributed by atoms with Gasteiger partial charge in [0.05, 0.1) is 6.04 Å². The predicted octanol–water partition coefficient (Wildman–Crippen LogP) is -1.19. The summed E-state index contributed by atoms with van der Waals surface area (Å²) in [6.45, 7) is 1.99. The van der Waals surface area contributed by atoms with Crippen molar-refractivity contribution in [1.82, 2.24) is 21.3 Å². The lowest BCUT2D eigenvalue weighted by Crippen LogP contribution is -2.57. The van der Waals surface area contributed by atoms with Gasteiger partial charge in [-0.2, -0.15) is 0 Å². The fourth-order valence-corrected chi connectivity index (χ4v) is 3.44. The number of nitrogens with two attached hydrogens (primary N) is 1. The van der Waals surface area contributed by atoms with Gasteiger partial charge in [0.25, 0.3) is 0 Å². The van der Waals surface area contributed by atoms with Gasteiger partial charge in [0, 0.05) is 12.8 Å². The van der Waals surface area contributed by atoms with E-state index in [1.807, 2.05) is 18.2 Å². The molecule has 0 aromatic heterocycles. The lowest BCUT2D eigenvalue weighted by atomic mass is 10.0. The smallest absolute Gasteiger partial charge is 0.325 e. The van der Waals surface area contributed by atoms with E-state index in [-0.39, 0.29) is 25.2 Å². The van der Waals surface area contributed by atoms with Crippen molar-refractivity contribution >= 4 is 29.6 Å². The summed E-state index contributed by atoms with van der Waals surface area (Å²) in [5.41, 5.74) is 5.98. The van der Waals surface area contributed by atoms with Crippen molar-refractivity contribution in [3.05, 3.63) is 35.9 Å². The highest BCUT2D eigenvalue weighted by Gasteiger charge is 2.31. The third-order valence-electron chi connectivity index (χ3n) is 5.33. The number of rotatable bonds is 12. The lowest BCUT2D eigenvalue weighted by molar-refractivity contribution is -0.142. The lowest BCUT2D eigenvalue weighted by Gasteiger charge is -2.24. The van der Waals surface area contributed by atoms with Crippen molar-refractivity contribution in [2.24, 2.45) is 5.73 Å². The van der Waals surface area contributed by atoms with Gasteiger partial charge in [-0.1, -0.05) is 30.3 Å². The maximum atomic E-state index is 13.1. The van der Waals surface area contributed by atoms with Gasteiger partial charge < -0.3 is 32.1 Å². The molecule has 1 aromatic carbocycles. The standard InChI is InChI=1S/C22H31N5O6/c1-13(22(32)33)25-20(30)16(9-10-18(23)28)26-21(31)17(12-14-6-3-2-4-7-14)27-19(29)15-8-5-11-24-15/h2-4,6-7,13,15-17,24H,5,8-12H2,1H3,(H2,23,28)(H,25,30)(H,26,31)(H,27,29)(H,32,33). The summed E-state index contributed by atoms with van der Waals surface area (Å²) >= 11 is 0. The third kappa shape index (κ3) is 8.53. The van der Waals surface area contributed by atoms with E-state index in [1.165, 1.54) is 6.92 Å². The molecule has 4 unspecified atom stereocenters. The second kappa shape index (κ2) is 12.5. The molecule has 1 fully saturated rings. The second-order valence-corrected chi connectivity index (χ2v) is 8.03. The Hall–Kier alpha value is -3.47. The van der Waals surface area contributed by atoms with Gasteiger partial charge in [0.15, 0.2) is 0 Å². The monoisotopic (exact) mass is 461 g/mol. The largest absolute Gasteiger partial charge is 0.480 e. The highest BCUT2D eigenvalue weighted by molar-refractivity contribution is 5.94. The molecule has 0 radical (unpaired) electrons. The molecule has 0 saturated carbocycles. The Labute approximate surface area is 191 Å². The molecule has 11 nitrogen and oxygen atoms in total. The quantitative estimate of drug-likeness (QED) is 0.226. The van der Waals surface area contributed by atoms with Crippen LogP contribution in [-0.4, -0.2) is 65.4 Å². The van der Waals surface area contributed by atoms with E-state index in [2.05, 4.69) is 21.3 Å². The van der Waals surface area contributed by atoms with Crippen molar-refractivity contribution in [2.75, 3.05) is 6.54 Å². The first-order valence-electron chi connectivity index (χ1n) is 10.9. The van der Waals surface area contributed by atoms with Crippen molar-refractivity contribution in [3.8, 4) is 0 Å². The zero-order valence-electron chi connectivity index (χ0n) is 18.5. The average molecular weight is 462 g/mol. The molecule has 0 spiro atoms. The first kappa shape index (κ1) is 25.8.